The Hall–Kier alpha value is -5.21. The summed E-state index contributed by atoms with van der Waals surface area (Å²) in [5, 5.41) is 17.4. The number of carboxylic acids is 2. The molecule has 0 saturated heterocycles. The molecule has 6 aromatic rings. The Morgan fingerprint density at radius 1 is 0.527 bits per heavy atom. The fourth-order valence-corrected chi connectivity index (χ4v) is 4.80. The number of hydrogen-bond donors (Lipinski definition) is 4. The van der Waals surface area contributed by atoms with Crippen molar-refractivity contribution in [3.63, 3.8) is 0 Å². The van der Waals surface area contributed by atoms with Crippen molar-refractivity contribution >= 4 is 40.1 Å². The first-order chi connectivity index (χ1) is 26.7. The first kappa shape index (κ1) is 45.9. The number of nitrogens with zero attached hydrogens (tertiary/aromatic N) is 2. The van der Waals surface area contributed by atoms with Crippen molar-refractivity contribution in [3.05, 3.63) is 204 Å². The second-order valence-corrected chi connectivity index (χ2v) is 12.4. The first-order valence-electron chi connectivity index (χ1n) is 16.7. The van der Waals surface area contributed by atoms with Crippen LogP contribution in [0, 0.1) is 0 Å². The van der Waals surface area contributed by atoms with Crippen molar-refractivity contribution in [2.75, 3.05) is 14.2 Å². The standard InChI is InChI=1S/2C12H12N2.2C9H10O3.IOP/c2*13-12(10-6-2-1-3-7-10)11-8-4-5-9-14-11;2*1-12-8(9(10)11)7-5-3-2-4-6-7;1-3-2/h2*1-9,12H,13H2;2*2-6,8H,1H3,(H,10,11);/t12-;;2*8-;/m0.00./s1. The molecule has 6 N–H and O–H groups in total. The van der Waals surface area contributed by atoms with E-state index in [0.717, 1.165) is 22.5 Å². The highest BCUT2D eigenvalue weighted by atomic mass is 127. The first-order valence-corrected chi connectivity index (χ1v) is 20.3. The number of hydrogen-bond acceptors (Lipinski definition) is 9. The number of methoxy groups -OCH3 is 2. The molecule has 0 saturated carbocycles. The highest BCUT2D eigenvalue weighted by molar-refractivity contribution is 14.2. The van der Waals surface area contributed by atoms with E-state index in [4.69, 9.17) is 35.7 Å². The van der Waals surface area contributed by atoms with Crippen molar-refractivity contribution in [2.45, 2.75) is 24.3 Å². The van der Waals surface area contributed by atoms with E-state index in [0.29, 0.717) is 11.1 Å². The van der Waals surface area contributed by atoms with Crippen LogP contribution in [0.15, 0.2) is 170 Å². The molecule has 0 aliphatic carbocycles. The van der Waals surface area contributed by atoms with E-state index in [9.17, 15) is 9.59 Å². The fourth-order valence-electron chi connectivity index (χ4n) is 4.80. The SMILES string of the molecule is CO[C@H](C(=O)O)c1ccccc1.CO[C@H](C(=O)O)c1ccccc1.NC(c1ccccc1)c1ccccn1.N[C@@H](c1ccccc1)c1ccccn1.O=PI. The molecular formula is C42H44IN4O7P. The molecule has 0 radical (unpaired) electrons. The lowest BCUT2D eigenvalue weighted by molar-refractivity contribution is -0.149. The molecule has 11 nitrogen and oxygen atoms in total. The molecule has 0 amide bonds. The molecule has 1 unspecified atom stereocenters. The summed E-state index contributed by atoms with van der Waals surface area (Å²) in [7, 11) is 2.76. The summed E-state index contributed by atoms with van der Waals surface area (Å²) in [6, 6.07) is 48.9. The maximum atomic E-state index is 10.6. The normalized spacial score (nSPS) is 12.1. The third-order valence-electron chi connectivity index (χ3n) is 7.45. The van der Waals surface area contributed by atoms with Crippen molar-refractivity contribution < 1.29 is 33.8 Å². The zero-order valence-corrected chi connectivity index (χ0v) is 33.3. The minimum Gasteiger partial charge on any atom is -0.479 e. The molecule has 13 heteroatoms. The van der Waals surface area contributed by atoms with Crippen molar-refractivity contribution in [2.24, 2.45) is 11.5 Å². The molecule has 6 rings (SSSR count). The molecule has 4 aromatic carbocycles. The van der Waals surface area contributed by atoms with Crippen LogP contribution in [-0.4, -0.2) is 46.3 Å². The van der Waals surface area contributed by atoms with E-state index in [-0.39, 0.29) is 18.2 Å². The van der Waals surface area contributed by atoms with Crippen LogP contribution >= 0.6 is 28.1 Å². The highest BCUT2D eigenvalue weighted by Crippen LogP contribution is 2.18. The number of halogens is 1. The minimum atomic E-state index is -0.969. The van der Waals surface area contributed by atoms with Gasteiger partial charge in [0.15, 0.2) is 12.2 Å². The molecule has 0 bridgehead atoms. The van der Waals surface area contributed by atoms with Gasteiger partial charge in [-0.2, -0.15) is 0 Å². The summed E-state index contributed by atoms with van der Waals surface area (Å²) >= 11 is 1.70. The Labute approximate surface area is 336 Å². The second-order valence-electron chi connectivity index (χ2n) is 11.1. The third-order valence-corrected chi connectivity index (χ3v) is 7.45. The Kier molecular flexibility index (Phi) is 22.9. The van der Waals surface area contributed by atoms with Crippen molar-refractivity contribution in [3.8, 4) is 0 Å². The number of carbonyl (C=O) groups is 2. The number of pyridine rings is 2. The van der Waals surface area contributed by atoms with Crippen LogP contribution in [0.2, 0.25) is 0 Å². The number of nitrogens with two attached hydrogens (primary N) is 2. The van der Waals surface area contributed by atoms with E-state index in [1.807, 2.05) is 109 Å². The van der Waals surface area contributed by atoms with E-state index < -0.39 is 24.1 Å². The predicted molar refractivity (Wildman–Crippen MR) is 223 cm³/mol. The highest BCUT2D eigenvalue weighted by Gasteiger charge is 2.18. The lowest BCUT2D eigenvalue weighted by Crippen LogP contribution is -2.12. The summed E-state index contributed by atoms with van der Waals surface area (Å²) < 4.78 is 18.5. The van der Waals surface area contributed by atoms with Gasteiger partial charge >= 0.3 is 11.9 Å². The molecule has 0 spiro atoms. The van der Waals surface area contributed by atoms with E-state index in [2.05, 4.69) is 9.97 Å². The molecule has 2 heterocycles. The van der Waals surface area contributed by atoms with Gasteiger partial charge in [0.2, 0.25) is 6.10 Å². The smallest absolute Gasteiger partial charge is 0.337 e. The monoisotopic (exact) mass is 874 g/mol. The molecule has 0 aliphatic heterocycles. The number of benzene rings is 4. The van der Waals surface area contributed by atoms with Crippen molar-refractivity contribution in [1.29, 1.82) is 0 Å². The quantitative estimate of drug-likeness (QED) is 0.0761. The topological polar surface area (TPSA) is 188 Å². The summed E-state index contributed by atoms with van der Waals surface area (Å²) in [5.74, 6) is -1.94. The van der Waals surface area contributed by atoms with Gasteiger partial charge in [-0.3, -0.25) is 14.5 Å². The lowest BCUT2D eigenvalue weighted by atomic mass is 10.0. The van der Waals surface area contributed by atoms with E-state index in [1.54, 1.807) is 83.0 Å². The Bertz CT molecular complexity index is 1690. The van der Waals surface area contributed by atoms with E-state index >= 15 is 0 Å². The molecule has 55 heavy (non-hydrogen) atoms. The Morgan fingerprint density at radius 3 is 1.00 bits per heavy atom. The Balaban J connectivity index is 0.000000248. The zero-order valence-electron chi connectivity index (χ0n) is 30.3. The maximum absolute atomic E-state index is 10.6. The van der Waals surface area contributed by atoms with Gasteiger partial charge in [0.25, 0.3) is 0 Å². The maximum Gasteiger partial charge on any atom is 0.337 e. The van der Waals surface area contributed by atoms with Gasteiger partial charge in [-0.05, 0) is 46.5 Å². The summed E-state index contributed by atoms with van der Waals surface area (Å²) in [4.78, 5) is 29.7. The van der Waals surface area contributed by atoms with Gasteiger partial charge in [-0.15, -0.1) is 0 Å². The van der Waals surface area contributed by atoms with Crippen LogP contribution in [0.4, 0.5) is 0 Å². The average Bonchev–Trinajstić information content (AvgIpc) is 3.24. The van der Waals surface area contributed by atoms with Gasteiger partial charge < -0.3 is 31.2 Å². The predicted octanol–water partition coefficient (Wildman–Crippen LogP) is 8.80. The summed E-state index contributed by atoms with van der Waals surface area (Å²) in [6.07, 6.45) is 1.95. The van der Waals surface area contributed by atoms with Crippen LogP contribution in [0.25, 0.3) is 0 Å². The zero-order chi connectivity index (χ0) is 40.3. The largest absolute Gasteiger partial charge is 0.479 e. The fraction of sp³-hybridized carbons (Fsp3) is 0.143. The lowest BCUT2D eigenvalue weighted by Gasteiger charge is -2.10. The van der Waals surface area contributed by atoms with Gasteiger partial charge in [0, 0.05) is 48.7 Å². The summed E-state index contributed by atoms with van der Waals surface area (Å²) in [6.45, 7) is 0. The van der Waals surface area contributed by atoms with Crippen LogP contribution in [0.1, 0.15) is 57.9 Å². The molecule has 0 fully saturated rings. The Morgan fingerprint density at radius 2 is 0.782 bits per heavy atom. The van der Waals surface area contributed by atoms with E-state index in [1.165, 1.54) is 14.2 Å². The number of rotatable bonds is 10. The van der Waals surface area contributed by atoms with Crippen LogP contribution in [0.5, 0.6) is 0 Å². The molecule has 286 valence electrons. The number of aliphatic carboxylic acids is 2. The molecule has 2 aromatic heterocycles. The molecule has 0 aliphatic rings. The minimum absolute atomic E-state index is 0.127. The van der Waals surface area contributed by atoms with Gasteiger partial charge in [-0.1, -0.05) is 133 Å². The summed E-state index contributed by atoms with van der Waals surface area (Å²) in [5.41, 5.74) is 17.4. The van der Waals surface area contributed by atoms with Crippen LogP contribution in [0.3, 0.4) is 0 Å². The number of aromatic nitrogens is 2. The second kappa shape index (κ2) is 27.4. The number of carboxylic acid groups (broad SMARTS) is 2. The third kappa shape index (κ3) is 17.2. The number of ether oxygens (including phenoxy) is 2. The van der Waals surface area contributed by atoms with Crippen LogP contribution < -0.4 is 11.5 Å². The van der Waals surface area contributed by atoms with Crippen LogP contribution in [-0.2, 0) is 23.6 Å². The van der Waals surface area contributed by atoms with Gasteiger partial charge in [0.05, 0.1) is 23.5 Å². The molecular weight excluding hydrogens is 830 g/mol. The average molecular weight is 875 g/mol. The van der Waals surface area contributed by atoms with Gasteiger partial charge in [-0.25, -0.2) is 9.59 Å². The molecule has 4 atom stereocenters. The van der Waals surface area contributed by atoms with Gasteiger partial charge in [0.1, 0.15) is 0 Å². The van der Waals surface area contributed by atoms with Crippen molar-refractivity contribution in [1.82, 2.24) is 9.97 Å².